The predicted molar refractivity (Wildman–Crippen MR) is 73.4 cm³/mol. The summed E-state index contributed by atoms with van der Waals surface area (Å²) < 4.78 is 0. The first kappa shape index (κ1) is 13.3. The Balaban J connectivity index is 1.74. The lowest BCUT2D eigenvalue weighted by Crippen LogP contribution is -2.48. The van der Waals surface area contributed by atoms with E-state index in [-0.39, 0.29) is 0 Å². The zero-order valence-electron chi connectivity index (χ0n) is 11.6. The number of hydrogen-bond acceptors (Lipinski definition) is 3. The van der Waals surface area contributed by atoms with Crippen molar-refractivity contribution in [2.45, 2.75) is 38.6 Å². The molecule has 3 heteroatoms. The number of rotatable bonds is 4. The van der Waals surface area contributed by atoms with Crippen LogP contribution < -0.4 is 5.32 Å². The van der Waals surface area contributed by atoms with Gasteiger partial charge in [-0.15, -0.1) is 0 Å². The van der Waals surface area contributed by atoms with Crippen LogP contribution in [0.1, 0.15) is 32.6 Å². The SMILES string of the molecule is CCNC1CCCN(CC2CCCN(C)C2)C1. The third-order valence-electron chi connectivity index (χ3n) is 4.24. The molecule has 0 aromatic rings. The maximum absolute atomic E-state index is 3.61. The molecule has 100 valence electrons. The molecule has 17 heavy (non-hydrogen) atoms. The summed E-state index contributed by atoms with van der Waals surface area (Å²) in [5, 5.41) is 3.61. The second kappa shape index (κ2) is 6.72. The minimum absolute atomic E-state index is 0.745. The van der Waals surface area contributed by atoms with Crippen LogP contribution in [0.5, 0.6) is 0 Å². The van der Waals surface area contributed by atoms with E-state index in [1.54, 1.807) is 0 Å². The van der Waals surface area contributed by atoms with Gasteiger partial charge in [-0.1, -0.05) is 6.92 Å². The maximum atomic E-state index is 3.61. The smallest absolute Gasteiger partial charge is 0.0195 e. The largest absolute Gasteiger partial charge is 0.313 e. The van der Waals surface area contributed by atoms with Crippen molar-refractivity contribution in [1.82, 2.24) is 15.1 Å². The number of hydrogen-bond donors (Lipinski definition) is 1. The summed E-state index contributed by atoms with van der Waals surface area (Å²) in [5.74, 6) is 0.911. The zero-order chi connectivity index (χ0) is 12.1. The van der Waals surface area contributed by atoms with E-state index in [9.17, 15) is 0 Å². The van der Waals surface area contributed by atoms with Gasteiger partial charge in [-0.2, -0.15) is 0 Å². The molecule has 0 aromatic carbocycles. The van der Waals surface area contributed by atoms with Gasteiger partial charge < -0.3 is 15.1 Å². The number of likely N-dealkylation sites (N-methyl/N-ethyl adjacent to an activating group) is 1. The number of nitrogens with one attached hydrogen (secondary N) is 1. The van der Waals surface area contributed by atoms with Crippen molar-refractivity contribution in [2.75, 3.05) is 46.3 Å². The van der Waals surface area contributed by atoms with E-state index in [1.165, 1.54) is 58.4 Å². The highest BCUT2D eigenvalue weighted by molar-refractivity contribution is 4.81. The first-order valence-corrected chi connectivity index (χ1v) is 7.42. The van der Waals surface area contributed by atoms with Crippen molar-refractivity contribution < 1.29 is 0 Å². The van der Waals surface area contributed by atoms with Crippen LogP contribution in [-0.4, -0.2) is 62.2 Å². The summed E-state index contributed by atoms with van der Waals surface area (Å²) in [4.78, 5) is 5.19. The molecule has 2 aliphatic rings. The van der Waals surface area contributed by atoms with Crippen LogP contribution in [0.4, 0.5) is 0 Å². The normalized spacial score (nSPS) is 32.8. The summed E-state index contributed by atoms with van der Waals surface area (Å²) in [6.45, 7) is 9.86. The molecule has 2 atom stereocenters. The molecule has 0 saturated carbocycles. The molecule has 2 rings (SSSR count). The zero-order valence-corrected chi connectivity index (χ0v) is 11.6. The average Bonchev–Trinajstić information content (AvgIpc) is 2.30. The lowest BCUT2D eigenvalue weighted by atomic mass is 9.96. The predicted octanol–water partition coefficient (Wildman–Crippen LogP) is 1.40. The van der Waals surface area contributed by atoms with Crippen molar-refractivity contribution in [3.8, 4) is 0 Å². The molecule has 2 aliphatic heterocycles. The Labute approximate surface area is 107 Å². The average molecular weight is 239 g/mol. The summed E-state index contributed by atoms with van der Waals surface area (Å²) in [7, 11) is 2.27. The third kappa shape index (κ3) is 4.23. The van der Waals surface area contributed by atoms with Crippen molar-refractivity contribution in [1.29, 1.82) is 0 Å². The quantitative estimate of drug-likeness (QED) is 0.800. The van der Waals surface area contributed by atoms with Crippen LogP contribution in [0.3, 0.4) is 0 Å². The van der Waals surface area contributed by atoms with Gasteiger partial charge in [0.2, 0.25) is 0 Å². The molecule has 2 heterocycles. The van der Waals surface area contributed by atoms with Gasteiger partial charge >= 0.3 is 0 Å². The minimum Gasteiger partial charge on any atom is -0.313 e. The van der Waals surface area contributed by atoms with Gasteiger partial charge in [-0.3, -0.25) is 0 Å². The fraction of sp³-hybridized carbons (Fsp3) is 1.00. The topological polar surface area (TPSA) is 18.5 Å². The first-order chi connectivity index (χ1) is 8.28. The highest BCUT2D eigenvalue weighted by atomic mass is 15.2. The third-order valence-corrected chi connectivity index (χ3v) is 4.24. The molecule has 0 aliphatic carbocycles. The Kier molecular flexibility index (Phi) is 5.26. The van der Waals surface area contributed by atoms with Gasteiger partial charge in [-0.05, 0) is 58.3 Å². The van der Waals surface area contributed by atoms with Gasteiger partial charge in [0.15, 0.2) is 0 Å². The molecule has 0 amide bonds. The van der Waals surface area contributed by atoms with Crippen LogP contribution in [-0.2, 0) is 0 Å². The second-order valence-corrected chi connectivity index (χ2v) is 5.93. The van der Waals surface area contributed by atoms with E-state index in [1.807, 2.05) is 0 Å². The van der Waals surface area contributed by atoms with Gasteiger partial charge in [0.1, 0.15) is 0 Å². The van der Waals surface area contributed by atoms with E-state index >= 15 is 0 Å². The van der Waals surface area contributed by atoms with Crippen LogP contribution in [0.15, 0.2) is 0 Å². The molecule has 2 unspecified atom stereocenters. The number of piperidine rings is 2. The first-order valence-electron chi connectivity index (χ1n) is 7.42. The Hall–Kier alpha value is -0.120. The highest BCUT2D eigenvalue weighted by Gasteiger charge is 2.24. The van der Waals surface area contributed by atoms with Crippen molar-refractivity contribution in [3.63, 3.8) is 0 Å². The van der Waals surface area contributed by atoms with E-state index in [2.05, 4.69) is 29.1 Å². The van der Waals surface area contributed by atoms with Crippen molar-refractivity contribution in [3.05, 3.63) is 0 Å². The molecule has 2 fully saturated rings. The van der Waals surface area contributed by atoms with Crippen LogP contribution in [0.25, 0.3) is 0 Å². The van der Waals surface area contributed by atoms with Crippen LogP contribution >= 0.6 is 0 Å². The Morgan fingerprint density at radius 3 is 2.71 bits per heavy atom. The molecular formula is C14H29N3. The molecule has 0 spiro atoms. The van der Waals surface area contributed by atoms with Gasteiger partial charge in [-0.25, -0.2) is 0 Å². The van der Waals surface area contributed by atoms with Gasteiger partial charge in [0, 0.05) is 25.7 Å². The van der Waals surface area contributed by atoms with Crippen LogP contribution in [0.2, 0.25) is 0 Å². The van der Waals surface area contributed by atoms with Crippen molar-refractivity contribution in [2.24, 2.45) is 5.92 Å². The maximum Gasteiger partial charge on any atom is 0.0195 e. The lowest BCUT2D eigenvalue weighted by Gasteiger charge is -2.38. The highest BCUT2D eigenvalue weighted by Crippen LogP contribution is 2.19. The van der Waals surface area contributed by atoms with Gasteiger partial charge in [0.25, 0.3) is 0 Å². The molecule has 3 nitrogen and oxygen atoms in total. The monoisotopic (exact) mass is 239 g/mol. The number of nitrogens with zero attached hydrogens (tertiary/aromatic N) is 2. The van der Waals surface area contributed by atoms with E-state index in [0.717, 1.165) is 18.5 Å². The molecule has 1 N–H and O–H groups in total. The van der Waals surface area contributed by atoms with E-state index < -0.39 is 0 Å². The van der Waals surface area contributed by atoms with E-state index in [4.69, 9.17) is 0 Å². The minimum atomic E-state index is 0.745. The molecule has 0 aromatic heterocycles. The molecule has 0 bridgehead atoms. The van der Waals surface area contributed by atoms with Crippen LogP contribution in [0, 0.1) is 5.92 Å². The van der Waals surface area contributed by atoms with E-state index in [0.29, 0.717) is 0 Å². The van der Waals surface area contributed by atoms with Gasteiger partial charge in [0.05, 0.1) is 0 Å². The summed E-state index contributed by atoms with van der Waals surface area (Å²) >= 11 is 0. The standard InChI is InChI=1S/C14H29N3/c1-3-15-14-7-5-9-17(12-14)11-13-6-4-8-16(2)10-13/h13-15H,3-12H2,1-2H3. The van der Waals surface area contributed by atoms with Crippen molar-refractivity contribution >= 4 is 0 Å². The summed E-state index contributed by atoms with van der Waals surface area (Å²) in [5.41, 5.74) is 0. The Morgan fingerprint density at radius 1 is 1.12 bits per heavy atom. The molecule has 0 radical (unpaired) electrons. The second-order valence-electron chi connectivity index (χ2n) is 5.93. The Morgan fingerprint density at radius 2 is 1.94 bits per heavy atom. The number of likely N-dealkylation sites (tertiary alicyclic amines) is 2. The summed E-state index contributed by atoms with van der Waals surface area (Å²) in [6, 6.07) is 0.745. The fourth-order valence-electron chi connectivity index (χ4n) is 3.46. The lowest BCUT2D eigenvalue weighted by molar-refractivity contribution is 0.124. The molecule has 2 saturated heterocycles. The summed E-state index contributed by atoms with van der Waals surface area (Å²) in [6.07, 6.45) is 5.58. The Bertz CT molecular complexity index is 218. The fourth-order valence-corrected chi connectivity index (χ4v) is 3.46. The molecular weight excluding hydrogens is 210 g/mol.